The molecule has 0 bridgehead atoms. The maximum absolute atomic E-state index is 12.1. The zero-order valence-corrected chi connectivity index (χ0v) is 6.92. The third kappa shape index (κ3) is 1.72. The highest BCUT2D eigenvalue weighted by Crippen LogP contribution is 2.35. The molecule has 0 heterocycles. The van der Waals surface area contributed by atoms with Crippen molar-refractivity contribution in [2.24, 2.45) is 0 Å². The average Bonchev–Trinajstić information content (AvgIpc) is 1.92. The van der Waals surface area contributed by atoms with E-state index in [1.165, 1.54) is 13.0 Å². The van der Waals surface area contributed by atoms with Gasteiger partial charge in [-0.05, 0) is 24.6 Å². The summed E-state index contributed by atoms with van der Waals surface area (Å²) >= 11 is 5.43. The third-order valence-electron chi connectivity index (χ3n) is 1.42. The van der Waals surface area contributed by atoms with Crippen LogP contribution in [0.25, 0.3) is 0 Å². The maximum Gasteiger partial charge on any atom is 0.417 e. The van der Waals surface area contributed by atoms with Crippen molar-refractivity contribution in [3.8, 4) is 0 Å². The zero-order valence-electron chi connectivity index (χ0n) is 6.17. The van der Waals surface area contributed by atoms with E-state index in [0.29, 0.717) is 5.56 Å². The molecule has 0 fully saturated rings. The lowest BCUT2D eigenvalue weighted by atomic mass is 10.1. The summed E-state index contributed by atoms with van der Waals surface area (Å²) in [6.07, 6.45) is -4.38. The lowest BCUT2D eigenvalue weighted by Gasteiger charge is -2.09. The van der Waals surface area contributed by atoms with Crippen molar-refractivity contribution in [1.29, 1.82) is 0 Å². The minimum Gasteiger partial charge on any atom is -0.166 e. The molecule has 65 valence electrons. The lowest BCUT2D eigenvalue weighted by Crippen LogP contribution is -2.06. The number of rotatable bonds is 0. The van der Waals surface area contributed by atoms with Gasteiger partial charge in [0.15, 0.2) is 0 Å². The Hall–Kier alpha value is -0.700. The Morgan fingerprint density at radius 1 is 1.42 bits per heavy atom. The van der Waals surface area contributed by atoms with Crippen LogP contribution in [-0.2, 0) is 6.18 Å². The van der Waals surface area contributed by atoms with Gasteiger partial charge in [0, 0.05) is 0 Å². The van der Waals surface area contributed by atoms with Crippen LogP contribution in [0.3, 0.4) is 0 Å². The summed E-state index contributed by atoms with van der Waals surface area (Å²) in [5.41, 5.74) is -0.494. The van der Waals surface area contributed by atoms with E-state index in [1.807, 2.05) is 0 Å². The van der Waals surface area contributed by atoms with Crippen molar-refractivity contribution in [2.45, 2.75) is 13.1 Å². The monoisotopic (exact) mass is 193 g/mol. The van der Waals surface area contributed by atoms with E-state index < -0.39 is 11.7 Å². The van der Waals surface area contributed by atoms with Crippen LogP contribution in [0, 0.1) is 13.0 Å². The summed E-state index contributed by atoms with van der Waals surface area (Å²) in [5.74, 6) is 0. The van der Waals surface area contributed by atoms with Gasteiger partial charge in [-0.25, -0.2) is 0 Å². The van der Waals surface area contributed by atoms with E-state index in [-0.39, 0.29) is 5.02 Å². The number of halogens is 4. The minimum absolute atomic E-state index is 0.273. The Balaban J connectivity index is 3.26. The number of aryl methyl sites for hydroxylation is 1. The molecular formula is C8H5ClF3. The molecule has 0 unspecified atom stereocenters. The number of hydrogen-bond donors (Lipinski definition) is 0. The first-order chi connectivity index (χ1) is 5.43. The van der Waals surface area contributed by atoms with E-state index in [1.54, 1.807) is 0 Å². The topological polar surface area (TPSA) is 0 Å². The second kappa shape index (κ2) is 2.98. The number of alkyl halides is 3. The van der Waals surface area contributed by atoms with Crippen LogP contribution in [0.4, 0.5) is 13.2 Å². The fraction of sp³-hybridized carbons (Fsp3) is 0.250. The van der Waals surface area contributed by atoms with Gasteiger partial charge in [-0.2, -0.15) is 13.2 Å². The van der Waals surface area contributed by atoms with Crippen molar-refractivity contribution >= 4 is 11.6 Å². The Bertz CT molecular complexity index is 291. The quantitative estimate of drug-likeness (QED) is 0.592. The molecule has 0 aliphatic carbocycles. The van der Waals surface area contributed by atoms with E-state index >= 15 is 0 Å². The molecule has 1 aromatic rings. The average molecular weight is 194 g/mol. The molecule has 0 nitrogen and oxygen atoms in total. The number of hydrogen-bond acceptors (Lipinski definition) is 0. The van der Waals surface area contributed by atoms with Gasteiger partial charge >= 0.3 is 6.18 Å². The summed E-state index contributed by atoms with van der Waals surface area (Å²) in [5, 5.41) is -0.273. The Kier molecular flexibility index (Phi) is 2.33. The van der Waals surface area contributed by atoms with Crippen molar-refractivity contribution in [3.63, 3.8) is 0 Å². The van der Waals surface area contributed by atoms with Crippen molar-refractivity contribution < 1.29 is 13.2 Å². The normalized spacial score (nSPS) is 11.8. The van der Waals surface area contributed by atoms with Gasteiger partial charge < -0.3 is 0 Å². The highest BCUT2D eigenvalue weighted by Gasteiger charge is 2.33. The Labute approximate surface area is 73.0 Å². The summed E-state index contributed by atoms with van der Waals surface area (Å²) in [4.78, 5) is 0. The molecule has 0 spiro atoms. The van der Waals surface area contributed by atoms with Crippen molar-refractivity contribution in [3.05, 3.63) is 34.3 Å². The summed E-state index contributed by atoms with van der Waals surface area (Å²) in [7, 11) is 0. The van der Waals surface area contributed by atoms with Gasteiger partial charge in [-0.1, -0.05) is 17.7 Å². The lowest BCUT2D eigenvalue weighted by molar-refractivity contribution is -0.137. The van der Waals surface area contributed by atoms with E-state index in [2.05, 4.69) is 6.07 Å². The van der Waals surface area contributed by atoms with Crippen LogP contribution in [0.2, 0.25) is 5.02 Å². The molecule has 0 atom stereocenters. The minimum atomic E-state index is -4.38. The van der Waals surface area contributed by atoms with Crippen LogP contribution in [0.15, 0.2) is 12.1 Å². The molecule has 12 heavy (non-hydrogen) atoms. The summed E-state index contributed by atoms with van der Waals surface area (Å²) in [6, 6.07) is 4.70. The summed E-state index contributed by atoms with van der Waals surface area (Å²) in [6.45, 7) is 1.48. The fourth-order valence-corrected chi connectivity index (χ4v) is 1.03. The van der Waals surface area contributed by atoms with E-state index in [0.717, 1.165) is 6.07 Å². The van der Waals surface area contributed by atoms with E-state index in [9.17, 15) is 13.2 Å². The highest BCUT2D eigenvalue weighted by atomic mass is 35.5. The second-order valence-electron chi connectivity index (χ2n) is 2.33. The van der Waals surface area contributed by atoms with Gasteiger partial charge in [0.1, 0.15) is 0 Å². The van der Waals surface area contributed by atoms with Gasteiger partial charge in [0.05, 0.1) is 10.6 Å². The first kappa shape index (κ1) is 9.39. The maximum atomic E-state index is 12.1. The predicted molar refractivity (Wildman–Crippen MR) is 40.0 cm³/mol. The molecule has 0 N–H and O–H groups in total. The molecular weight excluding hydrogens is 189 g/mol. The SMILES string of the molecule is Cc1[c]ccc(C(F)(F)F)c1Cl. The highest BCUT2D eigenvalue weighted by molar-refractivity contribution is 6.32. The Morgan fingerprint density at radius 3 is 2.42 bits per heavy atom. The molecule has 4 heteroatoms. The molecule has 1 rings (SSSR count). The zero-order chi connectivity index (χ0) is 9.35. The molecule has 1 aromatic carbocycles. The van der Waals surface area contributed by atoms with Crippen LogP contribution in [-0.4, -0.2) is 0 Å². The van der Waals surface area contributed by atoms with E-state index in [4.69, 9.17) is 11.6 Å². The second-order valence-corrected chi connectivity index (χ2v) is 2.71. The molecule has 0 saturated carbocycles. The first-order valence-corrected chi connectivity index (χ1v) is 3.54. The van der Waals surface area contributed by atoms with Crippen LogP contribution < -0.4 is 0 Å². The smallest absolute Gasteiger partial charge is 0.166 e. The van der Waals surface area contributed by atoms with Crippen LogP contribution in [0.1, 0.15) is 11.1 Å². The standard InChI is InChI=1S/C8H5ClF3/c1-5-3-2-4-6(7(5)9)8(10,11)12/h2,4H,1H3. The molecule has 0 aromatic heterocycles. The van der Waals surface area contributed by atoms with Gasteiger partial charge in [0.2, 0.25) is 0 Å². The fourth-order valence-electron chi connectivity index (χ4n) is 0.807. The molecule has 0 aliphatic rings. The first-order valence-electron chi connectivity index (χ1n) is 3.17. The van der Waals surface area contributed by atoms with Crippen LogP contribution in [0.5, 0.6) is 0 Å². The largest absolute Gasteiger partial charge is 0.417 e. The van der Waals surface area contributed by atoms with Gasteiger partial charge in [0.25, 0.3) is 0 Å². The summed E-state index contributed by atoms with van der Waals surface area (Å²) < 4.78 is 36.4. The molecule has 0 aliphatic heterocycles. The van der Waals surface area contributed by atoms with Crippen molar-refractivity contribution in [2.75, 3.05) is 0 Å². The molecule has 0 amide bonds. The molecule has 1 radical (unpaired) electrons. The third-order valence-corrected chi connectivity index (χ3v) is 1.91. The number of benzene rings is 1. The molecule has 0 saturated heterocycles. The van der Waals surface area contributed by atoms with Crippen LogP contribution >= 0.6 is 11.6 Å². The van der Waals surface area contributed by atoms with Gasteiger partial charge in [-0.15, -0.1) is 0 Å². The predicted octanol–water partition coefficient (Wildman–Crippen LogP) is 3.47. The van der Waals surface area contributed by atoms with Gasteiger partial charge in [-0.3, -0.25) is 0 Å². The van der Waals surface area contributed by atoms with Crippen molar-refractivity contribution in [1.82, 2.24) is 0 Å². The Morgan fingerprint density at radius 2 is 2.00 bits per heavy atom.